The molecule has 4 rings (SSSR count). The quantitative estimate of drug-likeness (QED) is 0.424. The highest BCUT2D eigenvalue weighted by Gasteiger charge is 2.18. The normalized spacial score (nSPS) is 11.8. The number of nitrogens with zero attached hydrogens (tertiary/aromatic N) is 2. The third-order valence-electron chi connectivity index (χ3n) is 4.76. The monoisotopic (exact) mass is 435 g/mol. The molecule has 0 radical (unpaired) electrons. The van der Waals surface area contributed by atoms with Gasteiger partial charge in [0.25, 0.3) is 0 Å². The lowest BCUT2D eigenvalue weighted by Crippen LogP contribution is -2.29. The van der Waals surface area contributed by atoms with E-state index in [1.165, 1.54) is 12.1 Å². The zero-order chi connectivity index (χ0) is 21.6. The van der Waals surface area contributed by atoms with Gasteiger partial charge in [-0.3, -0.25) is 4.79 Å². The molecule has 3 aromatic carbocycles. The summed E-state index contributed by atoms with van der Waals surface area (Å²) in [5, 5.41) is 7.57. The van der Waals surface area contributed by atoms with Gasteiger partial charge in [-0.25, -0.2) is 4.39 Å². The minimum absolute atomic E-state index is 0.157. The summed E-state index contributed by atoms with van der Waals surface area (Å²) in [5.74, 6) is 0.206. The summed E-state index contributed by atoms with van der Waals surface area (Å²) in [4.78, 5) is 17.0. The van der Waals surface area contributed by atoms with Gasteiger partial charge in [-0.05, 0) is 47.5 Å². The van der Waals surface area contributed by atoms with Crippen LogP contribution in [0.5, 0.6) is 0 Å². The lowest BCUT2D eigenvalue weighted by Gasteiger charge is -2.20. The third kappa shape index (κ3) is 5.35. The first-order chi connectivity index (χ1) is 15.1. The molecule has 0 fully saturated rings. The average Bonchev–Trinajstić information content (AvgIpc) is 3.26. The van der Waals surface area contributed by atoms with Crippen molar-refractivity contribution < 1.29 is 13.7 Å². The summed E-state index contributed by atoms with van der Waals surface area (Å²) >= 11 is 6.15. The molecule has 0 aliphatic heterocycles. The minimum Gasteiger partial charge on any atom is -0.345 e. The van der Waals surface area contributed by atoms with Crippen molar-refractivity contribution in [3.63, 3.8) is 0 Å². The van der Waals surface area contributed by atoms with Crippen molar-refractivity contribution >= 4 is 17.5 Å². The smallest absolute Gasteiger partial charge is 0.227 e. The first-order valence-electron chi connectivity index (χ1n) is 9.77. The van der Waals surface area contributed by atoms with E-state index in [0.717, 1.165) is 11.1 Å². The van der Waals surface area contributed by atoms with E-state index < -0.39 is 0 Å². The fourth-order valence-electron chi connectivity index (χ4n) is 3.22. The fraction of sp³-hybridized carbons (Fsp3) is 0.125. The van der Waals surface area contributed by atoms with Gasteiger partial charge in [0.2, 0.25) is 17.6 Å². The Balaban J connectivity index is 1.43. The molecule has 156 valence electrons. The fourth-order valence-corrected chi connectivity index (χ4v) is 3.42. The van der Waals surface area contributed by atoms with Gasteiger partial charge in [0.15, 0.2) is 0 Å². The van der Waals surface area contributed by atoms with Crippen LogP contribution in [0.15, 0.2) is 83.4 Å². The summed E-state index contributed by atoms with van der Waals surface area (Å²) in [6, 6.07) is 22.6. The first-order valence-corrected chi connectivity index (χ1v) is 10.1. The molecule has 4 aromatic rings. The molecular formula is C24H19ClFN3O2. The molecular weight excluding hydrogens is 417 g/mol. The molecule has 1 atom stereocenters. The van der Waals surface area contributed by atoms with E-state index in [4.69, 9.17) is 16.1 Å². The minimum atomic E-state index is -0.336. The zero-order valence-electron chi connectivity index (χ0n) is 16.5. The van der Waals surface area contributed by atoms with E-state index in [1.54, 1.807) is 18.2 Å². The van der Waals surface area contributed by atoms with E-state index in [2.05, 4.69) is 15.5 Å². The predicted octanol–water partition coefficient (Wildman–Crippen LogP) is 5.37. The molecule has 5 nitrogen and oxygen atoms in total. The van der Waals surface area contributed by atoms with Crippen molar-refractivity contribution in [3.05, 3.63) is 107 Å². The topological polar surface area (TPSA) is 68.0 Å². The molecule has 1 amide bonds. The molecule has 0 spiro atoms. The number of aryl methyl sites for hydroxylation is 1. The number of amides is 1. The summed E-state index contributed by atoms with van der Waals surface area (Å²) in [5.41, 5.74) is 2.49. The third-order valence-corrected chi connectivity index (χ3v) is 4.99. The van der Waals surface area contributed by atoms with Gasteiger partial charge in [-0.2, -0.15) is 4.98 Å². The summed E-state index contributed by atoms with van der Waals surface area (Å²) in [7, 11) is 0. The van der Waals surface area contributed by atoms with Gasteiger partial charge >= 0.3 is 0 Å². The van der Waals surface area contributed by atoms with Crippen molar-refractivity contribution in [2.75, 3.05) is 0 Å². The largest absolute Gasteiger partial charge is 0.345 e. The molecule has 7 heteroatoms. The van der Waals surface area contributed by atoms with Crippen LogP contribution < -0.4 is 5.32 Å². The zero-order valence-corrected chi connectivity index (χ0v) is 17.2. The molecule has 1 N–H and O–H groups in total. The van der Waals surface area contributed by atoms with Gasteiger partial charge in [0, 0.05) is 23.4 Å². The molecule has 0 saturated carbocycles. The number of rotatable bonds is 7. The number of halogens is 2. The molecule has 1 heterocycles. The average molecular weight is 436 g/mol. The Morgan fingerprint density at radius 3 is 2.48 bits per heavy atom. The number of benzene rings is 3. The predicted molar refractivity (Wildman–Crippen MR) is 116 cm³/mol. The number of aromatic nitrogens is 2. The Labute approximate surface area is 183 Å². The van der Waals surface area contributed by atoms with Crippen LogP contribution in [0.2, 0.25) is 5.02 Å². The second-order valence-corrected chi connectivity index (χ2v) is 7.42. The summed E-state index contributed by atoms with van der Waals surface area (Å²) < 4.78 is 18.3. The van der Waals surface area contributed by atoms with Crippen LogP contribution >= 0.6 is 11.6 Å². The molecule has 1 unspecified atom stereocenters. The first kappa shape index (κ1) is 20.8. The van der Waals surface area contributed by atoms with E-state index in [0.29, 0.717) is 22.3 Å². The SMILES string of the molecule is O=C(CCc1nc(-c2ccc(F)cc2)no1)NC(c1ccccc1)c1cccc(Cl)c1. The number of carbonyl (C=O) groups is 1. The maximum absolute atomic E-state index is 13.1. The van der Waals surface area contributed by atoms with Crippen molar-refractivity contribution in [2.24, 2.45) is 0 Å². The summed E-state index contributed by atoms with van der Waals surface area (Å²) in [6.45, 7) is 0. The van der Waals surface area contributed by atoms with Crippen molar-refractivity contribution in [1.82, 2.24) is 15.5 Å². The number of carbonyl (C=O) groups excluding carboxylic acids is 1. The molecule has 0 aliphatic rings. The standard InChI is InChI=1S/C24H19ClFN3O2/c25-19-8-4-7-18(15-19)23(16-5-2-1-3-6-16)27-21(30)13-14-22-28-24(29-31-22)17-9-11-20(26)12-10-17/h1-12,15,23H,13-14H2,(H,27,30). The van der Waals surface area contributed by atoms with Crippen molar-refractivity contribution in [2.45, 2.75) is 18.9 Å². The maximum atomic E-state index is 13.1. The van der Waals surface area contributed by atoms with Crippen LogP contribution in [0.25, 0.3) is 11.4 Å². The van der Waals surface area contributed by atoms with Crippen LogP contribution in [-0.2, 0) is 11.2 Å². The highest BCUT2D eigenvalue weighted by Crippen LogP contribution is 2.25. The Morgan fingerprint density at radius 1 is 1.00 bits per heavy atom. The Morgan fingerprint density at radius 2 is 1.74 bits per heavy atom. The number of hydrogen-bond donors (Lipinski definition) is 1. The van der Waals surface area contributed by atoms with Gasteiger partial charge in [0.1, 0.15) is 5.82 Å². The van der Waals surface area contributed by atoms with Gasteiger partial charge in [-0.1, -0.05) is 59.2 Å². The van der Waals surface area contributed by atoms with E-state index >= 15 is 0 Å². The summed E-state index contributed by atoms with van der Waals surface area (Å²) in [6.07, 6.45) is 0.464. The molecule has 0 bridgehead atoms. The van der Waals surface area contributed by atoms with E-state index in [9.17, 15) is 9.18 Å². The molecule has 0 saturated heterocycles. The number of nitrogens with one attached hydrogen (secondary N) is 1. The van der Waals surface area contributed by atoms with Crippen LogP contribution in [0.3, 0.4) is 0 Å². The van der Waals surface area contributed by atoms with Gasteiger partial charge in [-0.15, -0.1) is 0 Å². The van der Waals surface area contributed by atoms with Crippen LogP contribution in [0.4, 0.5) is 4.39 Å². The van der Waals surface area contributed by atoms with Crippen molar-refractivity contribution in [1.29, 1.82) is 0 Å². The van der Waals surface area contributed by atoms with Crippen LogP contribution in [0, 0.1) is 5.82 Å². The molecule has 31 heavy (non-hydrogen) atoms. The molecule has 1 aromatic heterocycles. The highest BCUT2D eigenvalue weighted by molar-refractivity contribution is 6.30. The van der Waals surface area contributed by atoms with Gasteiger partial charge < -0.3 is 9.84 Å². The maximum Gasteiger partial charge on any atom is 0.227 e. The van der Waals surface area contributed by atoms with E-state index in [-0.39, 0.29) is 30.6 Å². The van der Waals surface area contributed by atoms with E-state index in [1.807, 2.05) is 48.5 Å². The highest BCUT2D eigenvalue weighted by atomic mass is 35.5. The lowest BCUT2D eigenvalue weighted by molar-refractivity contribution is -0.121. The lowest BCUT2D eigenvalue weighted by atomic mass is 9.98. The second kappa shape index (κ2) is 9.53. The van der Waals surface area contributed by atoms with Crippen LogP contribution in [0.1, 0.15) is 29.5 Å². The van der Waals surface area contributed by atoms with Crippen molar-refractivity contribution in [3.8, 4) is 11.4 Å². The second-order valence-electron chi connectivity index (χ2n) is 6.98. The number of hydrogen-bond acceptors (Lipinski definition) is 4. The molecule has 0 aliphatic carbocycles. The van der Waals surface area contributed by atoms with Gasteiger partial charge in [0.05, 0.1) is 6.04 Å². The Hall–Kier alpha value is -3.51. The Bertz CT molecular complexity index is 1160. The van der Waals surface area contributed by atoms with Crippen LogP contribution in [-0.4, -0.2) is 16.0 Å². The Kier molecular flexibility index (Phi) is 6.38.